The number of hydrogen-bond acceptors (Lipinski definition) is 5. The van der Waals surface area contributed by atoms with Gasteiger partial charge in [0.1, 0.15) is 12.1 Å². The smallest absolute Gasteiger partial charge is 0.335 e. The van der Waals surface area contributed by atoms with Gasteiger partial charge in [-0.2, -0.15) is 5.10 Å². The number of aryl methyl sites for hydroxylation is 1. The maximum atomic E-state index is 11.0. The SMILES string of the molecule is Cn1nccc1CNc1ncnc2cc(C(=O)O)ccc12. The highest BCUT2D eigenvalue weighted by Crippen LogP contribution is 2.21. The fraction of sp³-hybridized carbons (Fsp3) is 0.143. The van der Waals surface area contributed by atoms with Gasteiger partial charge < -0.3 is 10.4 Å². The molecule has 7 heteroatoms. The van der Waals surface area contributed by atoms with Crippen LogP contribution in [-0.2, 0) is 13.6 Å². The molecule has 2 heterocycles. The average molecular weight is 283 g/mol. The van der Waals surface area contributed by atoms with Crippen LogP contribution < -0.4 is 5.32 Å². The minimum Gasteiger partial charge on any atom is -0.478 e. The summed E-state index contributed by atoms with van der Waals surface area (Å²) in [7, 11) is 1.87. The summed E-state index contributed by atoms with van der Waals surface area (Å²) in [5.74, 6) is -0.307. The Morgan fingerprint density at radius 2 is 2.19 bits per heavy atom. The van der Waals surface area contributed by atoms with Crippen LogP contribution in [0, 0.1) is 0 Å². The largest absolute Gasteiger partial charge is 0.478 e. The molecule has 0 bridgehead atoms. The summed E-state index contributed by atoms with van der Waals surface area (Å²) in [4.78, 5) is 19.3. The van der Waals surface area contributed by atoms with Crippen LogP contribution in [0.4, 0.5) is 5.82 Å². The Morgan fingerprint density at radius 1 is 1.33 bits per heavy atom. The Labute approximate surface area is 120 Å². The quantitative estimate of drug-likeness (QED) is 0.756. The van der Waals surface area contributed by atoms with Crippen molar-refractivity contribution < 1.29 is 9.90 Å². The van der Waals surface area contributed by atoms with E-state index in [0.717, 1.165) is 11.1 Å². The van der Waals surface area contributed by atoms with Gasteiger partial charge in [-0.1, -0.05) is 0 Å². The van der Waals surface area contributed by atoms with Crippen LogP contribution in [0.1, 0.15) is 16.1 Å². The molecule has 2 aromatic heterocycles. The molecule has 0 fully saturated rings. The topological polar surface area (TPSA) is 92.9 Å². The second kappa shape index (κ2) is 5.20. The number of anilines is 1. The first kappa shape index (κ1) is 13.0. The zero-order chi connectivity index (χ0) is 14.8. The van der Waals surface area contributed by atoms with Crippen LogP contribution in [0.25, 0.3) is 10.9 Å². The molecule has 0 amide bonds. The minimum absolute atomic E-state index is 0.207. The lowest BCUT2D eigenvalue weighted by Crippen LogP contribution is -2.07. The molecule has 0 atom stereocenters. The second-order valence-corrected chi connectivity index (χ2v) is 4.56. The zero-order valence-corrected chi connectivity index (χ0v) is 11.3. The number of rotatable bonds is 4. The van der Waals surface area contributed by atoms with E-state index in [1.807, 2.05) is 13.1 Å². The lowest BCUT2D eigenvalue weighted by atomic mass is 10.1. The molecule has 1 aromatic carbocycles. The molecular formula is C14H13N5O2. The fourth-order valence-corrected chi connectivity index (χ4v) is 2.08. The van der Waals surface area contributed by atoms with Gasteiger partial charge in [0.2, 0.25) is 0 Å². The van der Waals surface area contributed by atoms with Crippen molar-refractivity contribution in [1.82, 2.24) is 19.7 Å². The van der Waals surface area contributed by atoms with Gasteiger partial charge in [-0.25, -0.2) is 14.8 Å². The fourth-order valence-electron chi connectivity index (χ4n) is 2.08. The molecule has 0 spiro atoms. The van der Waals surface area contributed by atoms with Crippen LogP contribution in [0.15, 0.2) is 36.8 Å². The maximum Gasteiger partial charge on any atom is 0.335 e. The molecule has 3 rings (SSSR count). The van der Waals surface area contributed by atoms with Crippen molar-refractivity contribution in [1.29, 1.82) is 0 Å². The molecule has 21 heavy (non-hydrogen) atoms. The van der Waals surface area contributed by atoms with E-state index in [9.17, 15) is 4.79 Å². The predicted octanol–water partition coefficient (Wildman–Crippen LogP) is 1.67. The Kier molecular flexibility index (Phi) is 3.23. The van der Waals surface area contributed by atoms with Crippen molar-refractivity contribution in [3.63, 3.8) is 0 Å². The zero-order valence-electron chi connectivity index (χ0n) is 11.3. The third-order valence-electron chi connectivity index (χ3n) is 3.24. The Morgan fingerprint density at radius 3 is 2.90 bits per heavy atom. The first-order valence-electron chi connectivity index (χ1n) is 6.34. The molecule has 0 saturated heterocycles. The number of hydrogen-bond donors (Lipinski definition) is 2. The highest BCUT2D eigenvalue weighted by atomic mass is 16.4. The van der Waals surface area contributed by atoms with Crippen molar-refractivity contribution in [2.75, 3.05) is 5.32 Å². The van der Waals surface area contributed by atoms with E-state index in [4.69, 9.17) is 5.11 Å². The van der Waals surface area contributed by atoms with Crippen LogP contribution in [0.3, 0.4) is 0 Å². The summed E-state index contributed by atoms with van der Waals surface area (Å²) in [6, 6.07) is 6.71. The molecule has 0 aliphatic rings. The maximum absolute atomic E-state index is 11.0. The monoisotopic (exact) mass is 283 g/mol. The van der Waals surface area contributed by atoms with Gasteiger partial charge in [-0.05, 0) is 24.3 Å². The van der Waals surface area contributed by atoms with E-state index in [1.165, 1.54) is 12.4 Å². The average Bonchev–Trinajstić information content (AvgIpc) is 2.89. The van der Waals surface area contributed by atoms with Gasteiger partial charge in [-0.15, -0.1) is 0 Å². The standard InChI is InChI=1S/C14H13N5O2/c1-19-10(4-5-18-19)7-15-13-11-3-2-9(14(20)21)6-12(11)16-8-17-13/h2-6,8H,7H2,1H3,(H,20,21)(H,15,16,17). The summed E-state index contributed by atoms with van der Waals surface area (Å²) >= 11 is 0. The molecule has 0 aliphatic carbocycles. The van der Waals surface area contributed by atoms with Gasteiger partial charge in [0.15, 0.2) is 0 Å². The van der Waals surface area contributed by atoms with E-state index in [-0.39, 0.29) is 5.56 Å². The van der Waals surface area contributed by atoms with E-state index >= 15 is 0 Å². The number of aromatic carboxylic acids is 1. The molecule has 0 aliphatic heterocycles. The van der Waals surface area contributed by atoms with Gasteiger partial charge in [0.25, 0.3) is 0 Å². The number of benzene rings is 1. The summed E-state index contributed by atoms with van der Waals surface area (Å²) in [5.41, 5.74) is 1.82. The van der Waals surface area contributed by atoms with E-state index in [0.29, 0.717) is 17.9 Å². The number of carboxylic acids is 1. The number of carboxylic acid groups (broad SMARTS) is 1. The summed E-state index contributed by atoms with van der Waals surface area (Å²) in [6.45, 7) is 0.573. The van der Waals surface area contributed by atoms with Crippen LogP contribution >= 0.6 is 0 Å². The third-order valence-corrected chi connectivity index (χ3v) is 3.24. The molecule has 7 nitrogen and oxygen atoms in total. The minimum atomic E-state index is -0.972. The molecule has 0 saturated carbocycles. The van der Waals surface area contributed by atoms with E-state index < -0.39 is 5.97 Å². The van der Waals surface area contributed by atoms with Crippen molar-refractivity contribution in [2.24, 2.45) is 7.05 Å². The van der Waals surface area contributed by atoms with Gasteiger partial charge in [0.05, 0.1) is 23.3 Å². The first-order chi connectivity index (χ1) is 10.1. The van der Waals surface area contributed by atoms with Crippen LogP contribution in [0.2, 0.25) is 0 Å². The normalized spacial score (nSPS) is 10.7. The van der Waals surface area contributed by atoms with Crippen molar-refractivity contribution in [3.05, 3.63) is 48.0 Å². The number of fused-ring (bicyclic) bond motifs is 1. The van der Waals surface area contributed by atoms with Crippen molar-refractivity contribution >= 4 is 22.7 Å². The molecule has 2 N–H and O–H groups in total. The summed E-state index contributed by atoms with van der Waals surface area (Å²) < 4.78 is 1.78. The highest BCUT2D eigenvalue weighted by molar-refractivity contribution is 5.96. The third kappa shape index (κ3) is 2.53. The number of aromatic nitrogens is 4. The van der Waals surface area contributed by atoms with Crippen molar-refractivity contribution in [3.8, 4) is 0 Å². The first-order valence-corrected chi connectivity index (χ1v) is 6.34. The van der Waals surface area contributed by atoms with Crippen LogP contribution in [0.5, 0.6) is 0 Å². The highest BCUT2D eigenvalue weighted by Gasteiger charge is 2.08. The second-order valence-electron chi connectivity index (χ2n) is 4.56. The molecule has 3 aromatic rings. The molecule has 0 radical (unpaired) electrons. The lowest BCUT2D eigenvalue weighted by molar-refractivity contribution is 0.0697. The Hall–Kier alpha value is -2.96. The molecular weight excluding hydrogens is 270 g/mol. The lowest BCUT2D eigenvalue weighted by Gasteiger charge is -2.08. The molecule has 0 unspecified atom stereocenters. The summed E-state index contributed by atoms with van der Waals surface area (Å²) in [5, 5.41) is 17.1. The number of carbonyl (C=O) groups is 1. The number of nitrogens with one attached hydrogen (secondary N) is 1. The van der Waals surface area contributed by atoms with Crippen LogP contribution in [-0.4, -0.2) is 30.8 Å². The Balaban J connectivity index is 1.92. The van der Waals surface area contributed by atoms with E-state index in [1.54, 1.807) is 23.0 Å². The van der Waals surface area contributed by atoms with Gasteiger partial charge in [0, 0.05) is 18.6 Å². The predicted molar refractivity (Wildman–Crippen MR) is 77.0 cm³/mol. The van der Waals surface area contributed by atoms with Gasteiger partial charge >= 0.3 is 5.97 Å². The Bertz CT molecular complexity index is 812. The van der Waals surface area contributed by atoms with Gasteiger partial charge in [-0.3, -0.25) is 4.68 Å². The number of nitrogens with zero attached hydrogens (tertiary/aromatic N) is 4. The van der Waals surface area contributed by atoms with E-state index in [2.05, 4.69) is 20.4 Å². The summed E-state index contributed by atoms with van der Waals surface area (Å²) in [6.07, 6.45) is 3.15. The van der Waals surface area contributed by atoms with Crippen molar-refractivity contribution in [2.45, 2.75) is 6.54 Å². The molecule has 106 valence electrons.